The molecule has 0 saturated carbocycles. The molecule has 1 rings (SSSR count). The van der Waals surface area contributed by atoms with E-state index >= 15 is 0 Å². The molecule has 0 saturated heterocycles. The quantitative estimate of drug-likeness (QED) is 0.773. The number of carbonyl (C=O) groups excluding carboxylic acids is 1. The first-order valence-corrected chi connectivity index (χ1v) is 6.95. The van der Waals surface area contributed by atoms with Crippen molar-refractivity contribution in [3.63, 3.8) is 0 Å². The minimum absolute atomic E-state index is 0.00624. The van der Waals surface area contributed by atoms with Crippen LogP contribution in [0.1, 0.15) is 28.7 Å². The van der Waals surface area contributed by atoms with E-state index < -0.39 is 5.97 Å². The van der Waals surface area contributed by atoms with E-state index in [2.05, 4.69) is 10.3 Å². The monoisotopic (exact) mass is 274 g/mol. The van der Waals surface area contributed by atoms with E-state index in [1.165, 1.54) is 11.8 Å². The van der Waals surface area contributed by atoms with Gasteiger partial charge in [-0.3, -0.25) is 4.79 Å². The second-order valence-electron chi connectivity index (χ2n) is 3.25. The molecule has 1 aromatic heterocycles. The van der Waals surface area contributed by atoms with Gasteiger partial charge in [-0.1, -0.05) is 11.8 Å². The van der Waals surface area contributed by atoms with Crippen molar-refractivity contribution >= 4 is 35.0 Å². The molecule has 0 aliphatic carbocycles. The number of thiazole rings is 1. The standard InChI is InChI=1S/C10H14N2O3S2/c1-3-11-7(13)4-5-16-10-12-6(2)8(17-10)9(14)15/h3-5H2,1-2H3,(H,11,13)(H,14,15). The van der Waals surface area contributed by atoms with Crippen molar-refractivity contribution in [3.05, 3.63) is 10.6 Å². The fourth-order valence-corrected chi connectivity index (χ4v) is 3.19. The van der Waals surface area contributed by atoms with Crippen LogP contribution >= 0.6 is 23.1 Å². The Balaban J connectivity index is 2.45. The molecule has 0 aromatic carbocycles. The molecule has 7 heteroatoms. The van der Waals surface area contributed by atoms with Crippen molar-refractivity contribution in [3.8, 4) is 0 Å². The fourth-order valence-electron chi connectivity index (χ4n) is 1.15. The highest BCUT2D eigenvalue weighted by atomic mass is 32.2. The first-order chi connectivity index (χ1) is 8.04. The lowest BCUT2D eigenvalue weighted by Gasteiger charge is -1.99. The van der Waals surface area contributed by atoms with Gasteiger partial charge in [0, 0.05) is 18.7 Å². The number of nitrogens with one attached hydrogen (secondary N) is 1. The summed E-state index contributed by atoms with van der Waals surface area (Å²) in [5, 5.41) is 11.6. The molecular weight excluding hydrogens is 260 g/mol. The van der Waals surface area contributed by atoms with Crippen molar-refractivity contribution in [1.29, 1.82) is 0 Å². The molecule has 0 bridgehead atoms. The van der Waals surface area contributed by atoms with Crippen molar-refractivity contribution in [1.82, 2.24) is 10.3 Å². The number of aromatic nitrogens is 1. The predicted octanol–water partition coefficient (Wildman–Crippen LogP) is 1.77. The van der Waals surface area contributed by atoms with Gasteiger partial charge in [0.15, 0.2) is 4.34 Å². The van der Waals surface area contributed by atoms with Crippen molar-refractivity contribution < 1.29 is 14.7 Å². The molecular formula is C10H14N2O3S2. The number of hydrogen-bond acceptors (Lipinski definition) is 5. The average molecular weight is 274 g/mol. The van der Waals surface area contributed by atoms with Crippen molar-refractivity contribution in [2.45, 2.75) is 24.6 Å². The predicted molar refractivity (Wildman–Crippen MR) is 67.8 cm³/mol. The van der Waals surface area contributed by atoms with Crippen LogP contribution in [0.3, 0.4) is 0 Å². The number of carboxylic acids is 1. The van der Waals surface area contributed by atoms with E-state index in [4.69, 9.17) is 5.11 Å². The summed E-state index contributed by atoms with van der Waals surface area (Å²) in [5.74, 6) is -0.333. The largest absolute Gasteiger partial charge is 0.477 e. The number of thioether (sulfide) groups is 1. The lowest BCUT2D eigenvalue weighted by Crippen LogP contribution is -2.22. The van der Waals surface area contributed by atoms with E-state index in [9.17, 15) is 9.59 Å². The second-order valence-corrected chi connectivity index (χ2v) is 5.59. The molecule has 0 fully saturated rings. The third-order valence-electron chi connectivity index (χ3n) is 1.90. The maximum Gasteiger partial charge on any atom is 0.347 e. The minimum atomic E-state index is -0.949. The van der Waals surface area contributed by atoms with Gasteiger partial charge < -0.3 is 10.4 Å². The maximum atomic E-state index is 11.2. The molecule has 1 aromatic rings. The SMILES string of the molecule is CCNC(=O)CCSc1nc(C)c(C(=O)O)s1. The normalized spacial score (nSPS) is 10.2. The van der Waals surface area contributed by atoms with Gasteiger partial charge in [-0.05, 0) is 13.8 Å². The summed E-state index contributed by atoms with van der Waals surface area (Å²) < 4.78 is 0.698. The third kappa shape index (κ3) is 4.35. The Bertz CT molecular complexity index is 418. The summed E-state index contributed by atoms with van der Waals surface area (Å²) >= 11 is 2.56. The average Bonchev–Trinajstić information content (AvgIpc) is 2.60. The van der Waals surface area contributed by atoms with Gasteiger partial charge in [-0.15, -0.1) is 11.3 Å². The maximum absolute atomic E-state index is 11.2. The first-order valence-electron chi connectivity index (χ1n) is 5.14. The van der Waals surface area contributed by atoms with Gasteiger partial charge in [0.05, 0.1) is 5.69 Å². The van der Waals surface area contributed by atoms with Gasteiger partial charge in [-0.25, -0.2) is 9.78 Å². The summed E-state index contributed by atoms with van der Waals surface area (Å²) in [5.41, 5.74) is 0.531. The zero-order valence-electron chi connectivity index (χ0n) is 9.65. The molecule has 94 valence electrons. The Morgan fingerprint density at radius 3 is 2.76 bits per heavy atom. The summed E-state index contributed by atoms with van der Waals surface area (Å²) in [6.45, 7) is 4.17. The molecule has 0 aliphatic heterocycles. The zero-order valence-corrected chi connectivity index (χ0v) is 11.3. The molecule has 17 heavy (non-hydrogen) atoms. The van der Waals surface area contributed by atoms with E-state index in [1.54, 1.807) is 6.92 Å². The fraction of sp³-hybridized carbons (Fsp3) is 0.500. The van der Waals surface area contributed by atoms with Crippen LogP contribution in [0.25, 0.3) is 0 Å². The Hall–Kier alpha value is -1.08. The van der Waals surface area contributed by atoms with Gasteiger partial charge >= 0.3 is 5.97 Å². The first kappa shape index (κ1) is 14.0. The van der Waals surface area contributed by atoms with Crippen LogP contribution in [-0.2, 0) is 4.79 Å². The molecule has 1 heterocycles. The van der Waals surface area contributed by atoms with E-state index in [0.29, 0.717) is 28.8 Å². The third-order valence-corrected chi connectivity index (χ3v) is 4.19. The van der Waals surface area contributed by atoms with Crippen LogP contribution in [0.5, 0.6) is 0 Å². The summed E-state index contributed by atoms with van der Waals surface area (Å²) in [6.07, 6.45) is 0.416. The van der Waals surface area contributed by atoms with Crippen molar-refractivity contribution in [2.24, 2.45) is 0 Å². The highest BCUT2D eigenvalue weighted by Crippen LogP contribution is 2.27. The van der Waals surface area contributed by atoms with Gasteiger partial charge in [0.2, 0.25) is 5.91 Å². The molecule has 1 amide bonds. The van der Waals surface area contributed by atoms with E-state index in [-0.39, 0.29) is 10.8 Å². The Kier molecular flexibility index (Phi) is 5.43. The Labute approximate surface area is 108 Å². The minimum Gasteiger partial charge on any atom is -0.477 e. The molecule has 2 N–H and O–H groups in total. The molecule has 5 nitrogen and oxygen atoms in total. The smallest absolute Gasteiger partial charge is 0.347 e. The van der Waals surface area contributed by atoms with Crippen molar-refractivity contribution in [2.75, 3.05) is 12.3 Å². The van der Waals surface area contributed by atoms with Gasteiger partial charge in [0.25, 0.3) is 0 Å². The Morgan fingerprint density at radius 1 is 1.53 bits per heavy atom. The lowest BCUT2D eigenvalue weighted by molar-refractivity contribution is -0.120. The lowest BCUT2D eigenvalue weighted by atomic mass is 10.4. The van der Waals surface area contributed by atoms with Crippen LogP contribution in [0.4, 0.5) is 0 Å². The highest BCUT2D eigenvalue weighted by Gasteiger charge is 2.14. The molecule has 0 aliphatic rings. The number of nitrogens with zero attached hydrogens (tertiary/aromatic N) is 1. The van der Waals surface area contributed by atoms with Crippen LogP contribution in [0.2, 0.25) is 0 Å². The van der Waals surface area contributed by atoms with Crippen LogP contribution < -0.4 is 5.32 Å². The summed E-state index contributed by atoms with van der Waals surface area (Å²) in [6, 6.07) is 0. The number of carboxylic acid groups (broad SMARTS) is 1. The van der Waals surface area contributed by atoms with Crippen LogP contribution in [-0.4, -0.2) is 34.3 Å². The molecule has 0 radical (unpaired) electrons. The number of aryl methyl sites for hydroxylation is 1. The number of carbonyl (C=O) groups is 2. The van der Waals surface area contributed by atoms with Gasteiger partial charge in [0.1, 0.15) is 4.88 Å². The molecule has 0 spiro atoms. The van der Waals surface area contributed by atoms with Crippen LogP contribution in [0.15, 0.2) is 4.34 Å². The Morgan fingerprint density at radius 2 is 2.24 bits per heavy atom. The number of amides is 1. The molecule has 0 atom stereocenters. The highest BCUT2D eigenvalue weighted by molar-refractivity contribution is 8.01. The number of hydrogen-bond donors (Lipinski definition) is 2. The number of rotatable bonds is 6. The van der Waals surface area contributed by atoms with Gasteiger partial charge in [-0.2, -0.15) is 0 Å². The molecule has 0 unspecified atom stereocenters. The van der Waals surface area contributed by atoms with E-state index in [1.807, 2.05) is 6.92 Å². The van der Waals surface area contributed by atoms with Crippen LogP contribution in [0, 0.1) is 6.92 Å². The summed E-state index contributed by atoms with van der Waals surface area (Å²) in [4.78, 5) is 26.4. The topological polar surface area (TPSA) is 79.3 Å². The second kappa shape index (κ2) is 6.61. The number of aromatic carboxylic acids is 1. The zero-order chi connectivity index (χ0) is 12.8. The van der Waals surface area contributed by atoms with E-state index in [0.717, 1.165) is 11.3 Å². The summed E-state index contributed by atoms with van der Waals surface area (Å²) in [7, 11) is 0.